The van der Waals surface area contributed by atoms with E-state index in [1.807, 2.05) is 49.4 Å². The molecule has 2 aromatic carbocycles. The quantitative estimate of drug-likeness (QED) is 0.865. The summed E-state index contributed by atoms with van der Waals surface area (Å²) in [6, 6.07) is 13.4. The molecule has 4 heteroatoms. The molecule has 0 aliphatic carbocycles. The Labute approximate surface area is 132 Å². The SMILES string of the molecule is Cc1cc(C(O)C(CN)c2ccc(Br)cc2)ccc1Cl. The number of aliphatic hydroxyl groups excluding tert-OH is 1. The number of benzene rings is 2. The Bertz CT molecular complexity index is 586. The number of hydrogen-bond acceptors (Lipinski definition) is 2. The molecule has 2 unspecified atom stereocenters. The lowest BCUT2D eigenvalue weighted by atomic mass is 9.89. The van der Waals surface area contributed by atoms with Crippen LogP contribution in [0.4, 0.5) is 0 Å². The first-order valence-electron chi connectivity index (χ1n) is 6.42. The minimum absolute atomic E-state index is 0.135. The van der Waals surface area contributed by atoms with Crippen LogP contribution in [0.25, 0.3) is 0 Å². The molecule has 2 aromatic rings. The van der Waals surface area contributed by atoms with Crippen LogP contribution in [-0.4, -0.2) is 11.7 Å². The van der Waals surface area contributed by atoms with Crippen LogP contribution in [0, 0.1) is 6.92 Å². The zero-order valence-electron chi connectivity index (χ0n) is 11.2. The smallest absolute Gasteiger partial charge is 0.0870 e. The van der Waals surface area contributed by atoms with Crippen LogP contribution in [0.2, 0.25) is 5.02 Å². The highest BCUT2D eigenvalue weighted by Crippen LogP contribution is 2.32. The van der Waals surface area contributed by atoms with Gasteiger partial charge in [0.1, 0.15) is 0 Å². The van der Waals surface area contributed by atoms with Gasteiger partial charge in [0.2, 0.25) is 0 Å². The Morgan fingerprint density at radius 1 is 1.15 bits per heavy atom. The van der Waals surface area contributed by atoms with Crippen molar-refractivity contribution in [1.29, 1.82) is 0 Å². The van der Waals surface area contributed by atoms with Gasteiger partial charge in [-0.2, -0.15) is 0 Å². The maximum absolute atomic E-state index is 10.6. The summed E-state index contributed by atoms with van der Waals surface area (Å²) in [5, 5.41) is 11.3. The van der Waals surface area contributed by atoms with Crippen molar-refractivity contribution in [3.05, 3.63) is 68.7 Å². The van der Waals surface area contributed by atoms with Gasteiger partial charge in [-0.25, -0.2) is 0 Å². The summed E-state index contributed by atoms with van der Waals surface area (Å²) in [7, 11) is 0. The molecule has 2 rings (SSSR count). The van der Waals surface area contributed by atoms with E-state index in [0.717, 1.165) is 21.2 Å². The van der Waals surface area contributed by atoms with E-state index in [-0.39, 0.29) is 5.92 Å². The van der Waals surface area contributed by atoms with Crippen LogP contribution in [0.1, 0.15) is 28.7 Å². The Morgan fingerprint density at radius 3 is 2.30 bits per heavy atom. The number of aliphatic hydroxyl groups is 1. The molecule has 0 aromatic heterocycles. The number of halogens is 2. The van der Waals surface area contributed by atoms with Crippen molar-refractivity contribution in [2.75, 3.05) is 6.54 Å². The van der Waals surface area contributed by atoms with Gasteiger partial charge >= 0.3 is 0 Å². The van der Waals surface area contributed by atoms with Gasteiger partial charge in [-0.15, -0.1) is 0 Å². The van der Waals surface area contributed by atoms with E-state index in [1.165, 1.54) is 0 Å². The van der Waals surface area contributed by atoms with Crippen molar-refractivity contribution in [2.45, 2.75) is 18.9 Å². The maximum Gasteiger partial charge on any atom is 0.0870 e. The van der Waals surface area contributed by atoms with E-state index in [2.05, 4.69) is 15.9 Å². The van der Waals surface area contributed by atoms with E-state index in [1.54, 1.807) is 0 Å². The highest BCUT2D eigenvalue weighted by molar-refractivity contribution is 9.10. The van der Waals surface area contributed by atoms with Crippen molar-refractivity contribution >= 4 is 27.5 Å². The van der Waals surface area contributed by atoms with Gasteiger partial charge < -0.3 is 10.8 Å². The first-order chi connectivity index (χ1) is 9.52. The number of rotatable bonds is 4. The fourth-order valence-corrected chi connectivity index (χ4v) is 2.62. The molecule has 0 spiro atoms. The predicted molar refractivity (Wildman–Crippen MR) is 87.1 cm³/mol. The summed E-state index contributed by atoms with van der Waals surface area (Å²) in [6.07, 6.45) is -0.642. The van der Waals surface area contributed by atoms with E-state index in [0.29, 0.717) is 11.6 Å². The molecule has 0 saturated carbocycles. The molecule has 0 radical (unpaired) electrons. The number of nitrogens with two attached hydrogens (primary N) is 1. The van der Waals surface area contributed by atoms with Crippen LogP contribution < -0.4 is 5.73 Å². The topological polar surface area (TPSA) is 46.2 Å². The first-order valence-corrected chi connectivity index (χ1v) is 7.59. The zero-order chi connectivity index (χ0) is 14.7. The van der Waals surface area contributed by atoms with Gasteiger partial charge in [0.25, 0.3) is 0 Å². The van der Waals surface area contributed by atoms with Crippen LogP contribution in [0.3, 0.4) is 0 Å². The summed E-state index contributed by atoms with van der Waals surface area (Å²) >= 11 is 9.43. The molecular weight excluding hydrogens is 338 g/mol. The molecule has 0 aliphatic heterocycles. The lowest BCUT2D eigenvalue weighted by molar-refractivity contribution is 0.147. The summed E-state index contributed by atoms with van der Waals surface area (Å²) in [6.45, 7) is 2.31. The maximum atomic E-state index is 10.6. The summed E-state index contributed by atoms with van der Waals surface area (Å²) in [4.78, 5) is 0. The van der Waals surface area contributed by atoms with Crippen molar-refractivity contribution in [1.82, 2.24) is 0 Å². The average molecular weight is 355 g/mol. The van der Waals surface area contributed by atoms with E-state index < -0.39 is 6.10 Å². The summed E-state index contributed by atoms with van der Waals surface area (Å²) < 4.78 is 1.01. The second-order valence-electron chi connectivity index (χ2n) is 4.85. The van der Waals surface area contributed by atoms with E-state index in [4.69, 9.17) is 17.3 Å². The van der Waals surface area contributed by atoms with Gasteiger partial charge in [-0.1, -0.05) is 51.8 Å². The van der Waals surface area contributed by atoms with Gasteiger partial charge in [0.05, 0.1) is 6.10 Å². The lowest BCUT2D eigenvalue weighted by Gasteiger charge is -2.23. The zero-order valence-corrected chi connectivity index (χ0v) is 13.5. The molecule has 2 atom stereocenters. The summed E-state index contributed by atoms with van der Waals surface area (Å²) in [5.74, 6) is -0.135. The molecule has 0 fully saturated rings. The van der Waals surface area contributed by atoms with Gasteiger partial charge in [-0.05, 0) is 41.8 Å². The second kappa shape index (κ2) is 6.72. The Morgan fingerprint density at radius 2 is 1.75 bits per heavy atom. The molecule has 3 N–H and O–H groups in total. The minimum Gasteiger partial charge on any atom is -0.388 e. The van der Waals surface area contributed by atoms with Crippen LogP contribution in [0.15, 0.2) is 46.9 Å². The predicted octanol–water partition coefficient (Wildman–Crippen LogP) is 4.19. The average Bonchev–Trinajstić information content (AvgIpc) is 2.44. The first kappa shape index (κ1) is 15.5. The van der Waals surface area contributed by atoms with Crippen LogP contribution in [0.5, 0.6) is 0 Å². The minimum atomic E-state index is -0.642. The van der Waals surface area contributed by atoms with Gasteiger partial charge in [0, 0.05) is 22.0 Å². The number of hydrogen-bond donors (Lipinski definition) is 2. The van der Waals surface area contributed by atoms with Crippen LogP contribution in [-0.2, 0) is 0 Å². The van der Waals surface area contributed by atoms with Crippen molar-refractivity contribution in [3.63, 3.8) is 0 Å². The largest absolute Gasteiger partial charge is 0.388 e. The molecule has 0 saturated heterocycles. The lowest BCUT2D eigenvalue weighted by Crippen LogP contribution is -2.20. The molecule has 2 nitrogen and oxygen atoms in total. The Balaban J connectivity index is 2.30. The molecule has 0 bridgehead atoms. The molecule has 0 aliphatic rings. The van der Waals surface area contributed by atoms with Gasteiger partial charge in [-0.3, -0.25) is 0 Å². The Kier molecular flexibility index (Phi) is 5.22. The van der Waals surface area contributed by atoms with E-state index >= 15 is 0 Å². The second-order valence-corrected chi connectivity index (χ2v) is 6.17. The standard InChI is InChI=1S/C16H17BrClNO/c1-10-8-12(4-7-15(10)18)16(20)14(9-19)11-2-5-13(17)6-3-11/h2-8,14,16,20H,9,19H2,1H3. The molecular formula is C16H17BrClNO. The van der Waals surface area contributed by atoms with E-state index in [9.17, 15) is 5.11 Å². The highest BCUT2D eigenvalue weighted by Gasteiger charge is 2.21. The third-order valence-electron chi connectivity index (χ3n) is 3.46. The van der Waals surface area contributed by atoms with Crippen molar-refractivity contribution in [2.24, 2.45) is 5.73 Å². The van der Waals surface area contributed by atoms with Crippen LogP contribution >= 0.6 is 27.5 Å². The fraction of sp³-hybridized carbons (Fsp3) is 0.250. The fourth-order valence-electron chi connectivity index (χ4n) is 2.24. The molecule has 106 valence electrons. The third kappa shape index (κ3) is 3.41. The normalized spacial score (nSPS) is 14.1. The molecule has 0 heterocycles. The molecule has 0 amide bonds. The monoisotopic (exact) mass is 353 g/mol. The Hall–Kier alpha value is -0.870. The van der Waals surface area contributed by atoms with Crippen molar-refractivity contribution < 1.29 is 5.11 Å². The van der Waals surface area contributed by atoms with Gasteiger partial charge in [0.15, 0.2) is 0 Å². The highest BCUT2D eigenvalue weighted by atomic mass is 79.9. The van der Waals surface area contributed by atoms with Crippen molar-refractivity contribution in [3.8, 4) is 0 Å². The summed E-state index contributed by atoms with van der Waals surface area (Å²) in [5.41, 5.74) is 8.67. The third-order valence-corrected chi connectivity index (χ3v) is 4.41. The molecule has 20 heavy (non-hydrogen) atoms. The number of aryl methyl sites for hydroxylation is 1.